The first-order valence-corrected chi connectivity index (χ1v) is 7.25. The molecule has 1 aliphatic heterocycles. The van der Waals surface area contributed by atoms with Crippen molar-refractivity contribution in [1.29, 1.82) is 0 Å². The number of piperazine rings is 1. The highest BCUT2D eigenvalue weighted by molar-refractivity contribution is 5.37. The number of rotatable bonds is 4. The topological polar surface area (TPSA) is 15.3 Å². The molecule has 1 atom stereocenters. The zero-order valence-electron chi connectivity index (χ0n) is 12.5. The van der Waals surface area contributed by atoms with Gasteiger partial charge in [0.2, 0.25) is 0 Å². The molecule has 2 nitrogen and oxygen atoms in total. The summed E-state index contributed by atoms with van der Waals surface area (Å²) < 4.78 is 0. The minimum atomic E-state index is 0.487. The van der Waals surface area contributed by atoms with Crippen LogP contribution in [0.25, 0.3) is 0 Å². The van der Waals surface area contributed by atoms with E-state index in [1.54, 1.807) is 0 Å². The molecule has 1 saturated heterocycles. The molecule has 0 amide bonds. The molecule has 1 heterocycles. The van der Waals surface area contributed by atoms with Crippen LogP contribution in [-0.2, 0) is 0 Å². The van der Waals surface area contributed by atoms with E-state index >= 15 is 0 Å². The third-order valence-electron chi connectivity index (χ3n) is 4.01. The Kier molecular flexibility index (Phi) is 4.78. The molecule has 0 aromatic heterocycles. The number of benzene rings is 1. The van der Waals surface area contributed by atoms with Gasteiger partial charge in [-0.25, -0.2) is 0 Å². The molecule has 2 heteroatoms. The Hall–Kier alpha value is -1.12. The summed E-state index contributed by atoms with van der Waals surface area (Å²) in [6.07, 6.45) is 1.06. The van der Waals surface area contributed by atoms with Gasteiger partial charge in [0, 0.05) is 32.2 Å². The van der Waals surface area contributed by atoms with Crippen LogP contribution >= 0.6 is 0 Å². The summed E-state index contributed by atoms with van der Waals surface area (Å²) in [5.41, 5.74) is 5.59. The SMILES string of the molecule is C=C(C)C[C@H](c1c(C)cccc1C)N1CCNCC1. The van der Waals surface area contributed by atoms with Gasteiger partial charge in [0.1, 0.15) is 0 Å². The number of hydrogen-bond donors (Lipinski definition) is 1. The van der Waals surface area contributed by atoms with Crippen LogP contribution in [0.5, 0.6) is 0 Å². The summed E-state index contributed by atoms with van der Waals surface area (Å²) in [6, 6.07) is 7.11. The van der Waals surface area contributed by atoms with E-state index in [1.807, 2.05) is 0 Å². The first kappa shape index (κ1) is 14.3. The zero-order chi connectivity index (χ0) is 13.8. The van der Waals surface area contributed by atoms with Crippen molar-refractivity contribution in [3.8, 4) is 0 Å². The van der Waals surface area contributed by atoms with Crippen molar-refractivity contribution in [3.05, 3.63) is 47.0 Å². The summed E-state index contributed by atoms with van der Waals surface area (Å²) in [4.78, 5) is 2.61. The van der Waals surface area contributed by atoms with Crippen LogP contribution in [0.4, 0.5) is 0 Å². The second-order valence-electron chi connectivity index (χ2n) is 5.77. The van der Waals surface area contributed by atoms with Gasteiger partial charge in [0.05, 0.1) is 0 Å². The first-order chi connectivity index (χ1) is 9.09. The Morgan fingerprint density at radius 1 is 1.26 bits per heavy atom. The minimum absolute atomic E-state index is 0.487. The largest absolute Gasteiger partial charge is 0.314 e. The quantitative estimate of drug-likeness (QED) is 0.834. The van der Waals surface area contributed by atoms with Crippen LogP contribution in [0, 0.1) is 13.8 Å². The molecule has 0 unspecified atom stereocenters. The van der Waals surface area contributed by atoms with Crippen LogP contribution in [0.3, 0.4) is 0 Å². The fourth-order valence-electron chi connectivity index (χ4n) is 3.09. The van der Waals surface area contributed by atoms with E-state index in [2.05, 4.69) is 55.8 Å². The molecule has 0 radical (unpaired) electrons. The molecule has 1 aromatic rings. The lowest BCUT2D eigenvalue weighted by Crippen LogP contribution is -2.45. The summed E-state index contributed by atoms with van der Waals surface area (Å²) in [5.74, 6) is 0. The number of aryl methyl sites for hydroxylation is 2. The fourth-order valence-corrected chi connectivity index (χ4v) is 3.09. The van der Waals surface area contributed by atoms with E-state index in [-0.39, 0.29) is 0 Å². The highest BCUT2D eigenvalue weighted by atomic mass is 15.2. The maximum absolute atomic E-state index is 4.13. The lowest BCUT2D eigenvalue weighted by atomic mass is 9.91. The van der Waals surface area contributed by atoms with E-state index in [0.29, 0.717) is 6.04 Å². The van der Waals surface area contributed by atoms with Crippen molar-refractivity contribution in [2.75, 3.05) is 26.2 Å². The van der Waals surface area contributed by atoms with E-state index in [1.165, 1.54) is 22.3 Å². The van der Waals surface area contributed by atoms with Gasteiger partial charge in [0.25, 0.3) is 0 Å². The third-order valence-corrected chi connectivity index (χ3v) is 4.01. The first-order valence-electron chi connectivity index (χ1n) is 7.25. The zero-order valence-corrected chi connectivity index (χ0v) is 12.5. The summed E-state index contributed by atoms with van der Waals surface area (Å²) in [7, 11) is 0. The number of hydrogen-bond acceptors (Lipinski definition) is 2. The monoisotopic (exact) mass is 258 g/mol. The molecular weight excluding hydrogens is 232 g/mol. The molecule has 104 valence electrons. The van der Waals surface area contributed by atoms with Gasteiger partial charge in [0.15, 0.2) is 0 Å². The van der Waals surface area contributed by atoms with Crippen molar-refractivity contribution in [3.63, 3.8) is 0 Å². The van der Waals surface area contributed by atoms with E-state index in [4.69, 9.17) is 0 Å². The predicted molar refractivity (Wildman–Crippen MR) is 82.5 cm³/mol. The van der Waals surface area contributed by atoms with E-state index < -0.39 is 0 Å². The van der Waals surface area contributed by atoms with Crippen molar-refractivity contribution in [2.45, 2.75) is 33.2 Å². The molecule has 1 fully saturated rings. The summed E-state index contributed by atoms with van der Waals surface area (Å²) >= 11 is 0. The van der Waals surface area contributed by atoms with Crippen LogP contribution < -0.4 is 5.32 Å². The molecule has 0 aliphatic carbocycles. The highest BCUT2D eigenvalue weighted by Gasteiger charge is 2.24. The van der Waals surface area contributed by atoms with Crippen molar-refractivity contribution < 1.29 is 0 Å². The summed E-state index contributed by atoms with van der Waals surface area (Å²) in [6.45, 7) is 15.2. The van der Waals surface area contributed by atoms with Crippen molar-refractivity contribution in [2.24, 2.45) is 0 Å². The van der Waals surface area contributed by atoms with E-state index in [0.717, 1.165) is 32.6 Å². The van der Waals surface area contributed by atoms with Crippen LogP contribution in [-0.4, -0.2) is 31.1 Å². The Labute approximate surface area is 117 Å². The molecular formula is C17H26N2. The van der Waals surface area contributed by atoms with Gasteiger partial charge in [-0.2, -0.15) is 0 Å². The second kappa shape index (κ2) is 6.36. The molecule has 0 spiro atoms. The number of nitrogens with one attached hydrogen (secondary N) is 1. The molecule has 0 saturated carbocycles. The maximum Gasteiger partial charge on any atom is 0.0391 e. The third kappa shape index (κ3) is 3.46. The Bertz CT molecular complexity index is 424. The van der Waals surface area contributed by atoms with Crippen LogP contribution in [0.2, 0.25) is 0 Å². The predicted octanol–water partition coefficient (Wildman–Crippen LogP) is 3.22. The van der Waals surface area contributed by atoms with Gasteiger partial charge < -0.3 is 5.32 Å². The molecule has 1 N–H and O–H groups in total. The fraction of sp³-hybridized carbons (Fsp3) is 0.529. The molecule has 2 rings (SSSR count). The summed E-state index contributed by atoms with van der Waals surface area (Å²) in [5, 5.41) is 3.44. The highest BCUT2D eigenvalue weighted by Crippen LogP contribution is 2.32. The lowest BCUT2D eigenvalue weighted by Gasteiger charge is -2.37. The lowest BCUT2D eigenvalue weighted by molar-refractivity contribution is 0.171. The van der Waals surface area contributed by atoms with Gasteiger partial charge in [-0.3, -0.25) is 4.90 Å². The normalized spacial score (nSPS) is 18.3. The number of nitrogens with zero attached hydrogens (tertiary/aromatic N) is 1. The van der Waals surface area contributed by atoms with Crippen LogP contribution in [0.15, 0.2) is 30.4 Å². The second-order valence-corrected chi connectivity index (χ2v) is 5.77. The Morgan fingerprint density at radius 3 is 2.37 bits per heavy atom. The van der Waals surface area contributed by atoms with Crippen molar-refractivity contribution >= 4 is 0 Å². The minimum Gasteiger partial charge on any atom is -0.314 e. The Balaban J connectivity index is 2.33. The smallest absolute Gasteiger partial charge is 0.0391 e. The van der Waals surface area contributed by atoms with Crippen LogP contribution in [0.1, 0.15) is 36.1 Å². The molecule has 1 aromatic carbocycles. The van der Waals surface area contributed by atoms with Gasteiger partial charge in [-0.05, 0) is 43.9 Å². The van der Waals surface area contributed by atoms with Gasteiger partial charge >= 0.3 is 0 Å². The average molecular weight is 258 g/mol. The average Bonchev–Trinajstić information content (AvgIpc) is 2.38. The van der Waals surface area contributed by atoms with Crippen molar-refractivity contribution in [1.82, 2.24) is 10.2 Å². The van der Waals surface area contributed by atoms with E-state index in [9.17, 15) is 0 Å². The maximum atomic E-state index is 4.13. The Morgan fingerprint density at radius 2 is 1.84 bits per heavy atom. The van der Waals surface area contributed by atoms with Gasteiger partial charge in [-0.1, -0.05) is 23.8 Å². The van der Waals surface area contributed by atoms with Gasteiger partial charge in [-0.15, -0.1) is 6.58 Å². The molecule has 19 heavy (non-hydrogen) atoms. The molecule has 1 aliphatic rings. The molecule has 0 bridgehead atoms. The standard InChI is InChI=1S/C17H26N2/c1-13(2)12-16(19-10-8-18-9-11-19)17-14(3)6-5-7-15(17)4/h5-7,16,18H,1,8-12H2,2-4H3/t16-/m1/s1.